The third-order valence-corrected chi connectivity index (χ3v) is 10.9. The van der Waals surface area contributed by atoms with Gasteiger partial charge in [-0.3, -0.25) is 0 Å². The fourth-order valence-electron chi connectivity index (χ4n) is 8.24. The molecule has 0 saturated heterocycles. The van der Waals surface area contributed by atoms with Crippen LogP contribution >= 0.6 is 0 Å². The molecule has 0 N–H and O–H groups in total. The lowest BCUT2D eigenvalue weighted by molar-refractivity contribution is 0.669. The largest absolute Gasteiger partial charge is 0.456 e. The molecule has 0 amide bonds. The van der Waals surface area contributed by atoms with Crippen molar-refractivity contribution < 1.29 is 8.83 Å². The summed E-state index contributed by atoms with van der Waals surface area (Å²) in [6.45, 7) is 0. The molecular weight excluding hydrogens is 671 g/mol. The number of para-hydroxylation sites is 1. The van der Waals surface area contributed by atoms with Gasteiger partial charge in [0.1, 0.15) is 22.3 Å². The van der Waals surface area contributed by atoms with Crippen molar-refractivity contribution in [2.75, 3.05) is 4.90 Å². The van der Waals surface area contributed by atoms with Crippen LogP contribution in [0.25, 0.3) is 88.0 Å². The van der Waals surface area contributed by atoms with Crippen LogP contribution in [0.4, 0.5) is 17.1 Å². The van der Waals surface area contributed by atoms with Crippen molar-refractivity contribution in [2.45, 2.75) is 0 Å². The number of nitrogens with zero attached hydrogens (tertiary/aromatic N) is 1. The maximum atomic E-state index is 6.66. The van der Waals surface area contributed by atoms with Gasteiger partial charge in [-0.05, 0) is 93.4 Å². The van der Waals surface area contributed by atoms with Gasteiger partial charge >= 0.3 is 0 Å². The van der Waals surface area contributed by atoms with Crippen LogP contribution in [0.15, 0.2) is 209 Å². The second-order valence-electron chi connectivity index (χ2n) is 14.1. The predicted molar refractivity (Wildman–Crippen MR) is 229 cm³/mol. The molecule has 0 aliphatic heterocycles. The normalized spacial score (nSPS) is 11.6. The van der Waals surface area contributed by atoms with E-state index in [2.05, 4.69) is 193 Å². The second kappa shape index (κ2) is 12.6. The van der Waals surface area contributed by atoms with Crippen molar-refractivity contribution in [3.63, 3.8) is 0 Å². The van der Waals surface area contributed by atoms with Crippen molar-refractivity contribution >= 4 is 71.7 Å². The topological polar surface area (TPSA) is 29.5 Å². The van der Waals surface area contributed by atoms with Crippen LogP contribution in [0.5, 0.6) is 0 Å². The summed E-state index contributed by atoms with van der Waals surface area (Å²) in [5.74, 6) is 0. The zero-order valence-corrected chi connectivity index (χ0v) is 29.8. The molecule has 0 aliphatic carbocycles. The van der Waals surface area contributed by atoms with E-state index < -0.39 is 0 Å². The highest BCUT2D eigenvalue weighted by atomic mass is 16.3. The van der Waals surface area contributed by atoms with Crippen molar-refractivity contribution in [3.05, 3.63) is 200 Å². The van der Waals surface area contributed by atoms with E-state index in [-0.39, 0.29) is 0 Å². The summed E-state index contributed by atoms with van der Waals surface area (Å²) in [7, 11) is 0. The Bertz CT molecular complexity index is 3170. The molecule has 3 nitrogen and oxygen atoms in total. The fraction of sp³-hybridized carbons (Fsp3) is 0. The molecule has 0 aliphatic rings. The third-order valence-electron chi connectivity index (χ3n) is 10.9. The molecule has 2 aromatic heterocycles. The van der Waals surface area contributed by atoms with E-state index in [4.69, 9.17) is 8.83 Å². The quantitative estimate of drug-likeness (QED) is 0.173. The Morgan fingerprint density at radius 1 is 0.309 bits per heavy atom. The maximum absolute atomic E-state index is 6.66. The second-order valence-corrected chi connectivity index (χ2v) is 14.1. The van der Waals surface area contributed by atoms with Crippen molar-refractivity contribution in [1.82, 2.24) is 0 Å². The van der Waals surface area contributed by atoms with Crippen molar-refractivity contribution in [1.29, 1.82) is 0 Å². The minimum Gasteiger partial charge on any atom is -0.456 e. The number of rotatable bonds is 6. The van der Waals surface area contributed by atoms with Crippen LogP contribution in [0.3, 0.4) is 0 Å². The average molecular weight is 704 g/mol. The predicted octanol–water partition coefficient (Wildman–Crippen LogP) is 15.1. The minimum atomic E-state index is 0.860. The van der Waals surface area contributed by atoms with Crippen molar-refractivity contribution in [2.24, 2.45) is 0 Å². The molecule has 2 heterocycles. The summed E-state index contributed by atoms with van der Waals surface area (Å²) >= 11 is 0. The standard InChI is InChI=1S/C52H33NO2/c1-2-10-34(11-3-1)35-20-22-36(23-21-35)37-24-29-40(30-25-37)53(46-16-9-19-49-51(46)45-33-28-38-12-4-5-13-43(38)52(45)55-49)41-31-26-39(27-32-41)42-15-8-18-48-50(42)44-14-6-7-17-47(44)54-48/h1-33H. The van der Waals surface area contributed by atoms with Crippen LogP contribution < -0.4 is 4.90 Å². The zero-order chi connectivity index (χ0) is 36.3. The first-order valence-electron chi connectivity index (χ1n) is 18.7. The van der Waals surface area contributed by atoms with E-state index in [0.29, 0.717) is 0 Å². The molecule has 0 spiro atoms. The van der Waals surface area contributed by atoms with Gasteiger partial charge < -0.3 is 13.7 Å². The third kappa shape index (κ3) is 5.20. The highest BCUT2D eigenvalue weighted by Gasteiger charge is 2.21. The molecule has 258 valence electrons. The Morgan fingerprint density at radius 2 is 0.855 bits per heavy atom. The van der Waals surface area contributed by atoms with Gasteiger partial charge in [-0.15, -0.1) is 0 Å². The molecule has 0 radical (unpaired) electrons. The molecule has 0 atom stereocenters. The van der Waals surface area contributed by atoms with Crippen LogP contribution in [-0.2, 0) is 0 Å². The lowest BCUT2D eigenvalue weighted by Gasteiger charge is -2.26. The first-order chi connectivity index (χ1) is 27.3. The summed E-state index contributed by atoms with van der Waals surface area (Å²) in [5, 5.41) is 6.72. The summed E-state index contributed by atoms with van der Waals surface area (Å²) in [5.41, 5.74) is 13.8. The molecule has 0 bridgehead atoms. The van der Waals surface area contributed by atoms with Gasteiger partial charge in [0.05, 0.1) is 11.1 Å². The Labute approximate surface area is 317 Å². The Hall–Kier alpha value is -7.36. The monoisotopic (exact) mass is 703 g/mol. The molecule has 0 saturated carbocycles. The van der Waals surface area contributed by atoms with Gasteiger partial charge in [0.15, 0.2) is 0 Å². The summed E-state index contributed by atoms with van der Waals surface area (Å²) in [6.07, 6.45) is 0. The number of hydrogen-bond acceptors (Lipinski definition) is 3. The molecule has 9 aromatic carbocycles. The van der Waals surface area contributed by atoms with Crippen LogP contribution in [0, 0.1) is 0 Å². The van der Waals surface area contributed by atoms with E-state index in [9.17, 15) is 0 Å². The molecule has 11 aromatic rings. The lowest BCUT2D eigenvalue weighted by Crippen LogP contribution is -2.10. The van der Waals surface area contributed by atoms with E-state index in [1.54, 1.807) is 0 Å². The highest BCUT2D eigenvalue weighted by molar-refractivity contribution is 6.19. The SMILES string of the molecule is c1ccc(-c2ccc(-c3ccc(N(c4ccc(-c5cccc6oc7ccccc7c56)cc4)c4cccc5oc6c7ccccc7ccc6c45)cc3)cc2)cc1. The van der Waals surface area contributed by atoms with Gasteiger partial charge in [0.2, 0.25) is 0 Å². The van der Waals surface area contributed by atoms with E-state index in [1.165, 1.54) is 16.7 Å². The van der Waals surface area contributed by atoms with Gasteiger partial charge in [0, 0.05) is 32.9 Å². The maximum Gasteiger partial charge on any atom is 0.143 e. The number of benzene rings is 9. The number of hydrogen-bond donors (Lipinski definition) is 0. The lowest BCUT2D eigenvalue weighted by atomic mass is 9.98. The Balaban J connectivity index is 1.05. The highest BCUT2D eigenvalue weighted by Crippen LogP contribution is 2.45. The van der Waals surface area contributed by atoms with E-state index in [0.717, 1.165) is 88.4 Å². The van der Waals surface area contributed by atoms with Gasteiger partial charge in [-0.25, -0.2) is 0 Å². The van der Waals surface area contributed by atoms with Gasteiger partial charge in [-0.1, -0.05) is 146 Å². The van der Waals surface area contributed by atoms with E-state index in [1.807, 2.05) is 12.1 Å². The number of fused-ring (bicyclic) bond motifs is 8. The Morgan fingerprint density at radius 3 is 1.58 bits per heavy atom. The van der Waals surface area contributed by atoms with Crippen LogP contribution in [0.2, 0.25) is 0 Å². The molecule has 0 unspecified atom stereocenters. The van der Waals surface area contributed by atoms with E-state index >= 15 is 0 Å². The number of furan rings is 2. The van der Waals surface area contributed by atoms with Gasteiger partial charge in [0.25, 0.3) is 0 Å². The van der Waals surface area contributed by atoms with Crippen LogP contribution in [0.1, 0.15) is 0 Å². The summed E-state index contributed by atoms with van der Waals surface area (Å²) < 4.78 is 12.9. The Kier molecular flexibility index (Phi) is 7.17. The molecule has 55 heavy (non-hydrogen) atoms. The van der Waals surface area contributed by atoms with Crippen LogP contribution in [-0.4, -0.2) is 0 Å². The first kappa shape index (κ1) is 31.2. The molecule has 3 heteroatoms. The summed E-state index contributed by atoms with van der Waals surface area (Å²) in [4.78, 5) is 2.35. The average Bonchev–Trinajstić information content (AvgIpc) is 3.84. The molecule has 11 rings (SSSR count). The summed E-state index contributed by atoms with van der Waals surface area (Å²) in [6, 6.07) is 70.9. The van der Waals surface area contributed by atoms with Gasteiger partial charge in [-0.2, -0.15) is 0 Å². The zero-order valence-electron chi connectivity index (χ0n) is 29.8. The van der Waals surface area contributed by atoms with Crippen molar-refractivity contribution in [3.8, 4) is 33.4 Å². The minimum absolute atomic E-state index is 0.860. The fourth-order valence-corrected chi connectivity index (χ4v) is 8.24. The molecule has 0 fully saturated rings. The number of anilines is 3. The smallest absolute Gasteiger partial charge is 0.143 e. The molecular formula is C52H33NO2. The first-order valence-corrected chi connectivity index (χ1v) is 18.7.